The number of methoxy groups -OCH3 is 1. The standard InChI is InChI=1S/C16H16O3/c1-10-4-6-12(7-5-10)16(18)13-8-11(2)15(19-3)9-14(13)17/h4-9,17H,1-3H3. The molecule has 0 unspecified atom stereocenters. The maximum Gasteiger partial charge on any atom is 0.196 e. The number of phenols is 1. The van der Waals surface area contributed by atoms with Crippen molar-refractivity contribution in [2.24, 2.45) is 0 Å². The highest BCUT2D eigenvalue weighted by molar-refractivity contribution is 6.10. The molecule has 0 heterocycles. The normalized spacial score (nSPS) is 10.3. The molecule has 2 rings (SSSR count). The number of benzene rings is 2. The van der Waals surface area contributed by atoms with Crippen LogP contribution in [-0.4, -0.2) is 18.0 Å². The molecule has 0 spiro atoms. The lowest BCUT2D eigenvalue weighted by Gasteiger charge is -2.09. The number of rotatable bonds is 3. The van der Waals surface area contributed by atoms with Crippen LogP contribution < -0.4 is 4.74 Å². The molecule has 0 aliphatic carbocycles. The van der Waals surface area contributed by atoms with Gasteiger partial charge >= 0.3 is 0 Å². The molecule has 1 N–H and O–H groups in total. The summed E-state index contributed by atoms with van der Waals surface area (Å²) < 4.78 is 5.11. The molecule has 3 nitrogen and oxygen atoms in total. The van der Waals surface area contributed by atoms with Gasteiger partial charge in [0.25, 0.3) is 0 Å². The molecule has 19 heavy (non-hydrogen) atoms. The third-order valence-corrected chi connectivity index (χ3v) is 3.07. The van der Waals surface area contributed by atoms with Crippen LogP contribution in [0.15, 0.2) is 36.4 Å². The lowest BCUT2D eigenvalue weighted by Crippen LogP contribution is -2.03. The fourth-order valence-electron chi connectivity index (χ4n) is 1.94. The van der Waals surface area contributed by atoms with Crippen LogP contribution in [0.4, 0.5) is 0 Å². The summed E-state index contributed by atoms with van der Waals surface area (Å²) in [5.74, 6) is 0.314. The van der Waals surface area contributed by atoms with Crippen LogP contribution in [0.3, 0.4) is 0 Å². The lowest BCUT2D eigenvalue weighted by atomic mass is 9.99. The molecule has 3 heteroatoms. The Labute approximate surface area is 112 Å². The zero-order valence-electron chi connectivity index (χ0n) is 11.2. The van der Waals surface area contributed by atoms with Gasteiger partial charge in [0.05, 0.1) is 12.7 Å². The summed E-state index contributed by atoms with van der Waals surface area (Å²) in [6.07, 6.45) is 0. The maximum absolute atomic E-state index is 12.3. The highest BCUT2D eigenvalue weighted by atomic mass is 16.5. The highest BCUT2D eigenvalue weighted by Crippen LogP contribution is 2.29. The van der Waals surface area contributed by atoms with Crippen molar-refractivity contribution in [2.45, 2.75) is 13.8 Å². The van der Waals surface area contributed by atoms with E-state index < -0.39 is 0 Å². The smallest absolute Gasteiger partial charge is 0.196 e. The van der Waals surface area contributed by atoms with Crippen molar-refractivity contribution in [3.8, 4) is 11.5 Å². The second kappa shape index (κ2) is 5.14. The Morgan fingerprint density at radius 2 is 1.74 bits per heavy atom. The van der Waals surface area contributed by atoms with Gasteiger partial charge < -0.3 is 9.84 Å². The summed E-state index contributed by atoms with van der Waals surface area (Å²) in [6.45, 7) is 3.80. The van der Waals surface area contributed by atoms with Gasteiger partial charge in [0.2, 0.25) is 0 Å². The van der Waals surface area contributed by atoms with Gasteiger partial charge in [-0.05, 0) is 25.5 Å². The van der Waals surface area contributed by atoms with Gasteiger partial charge in [0, 0.05) is 11.6 Å². The molecule has 0 aliphatic rings. The van der Waals surface area contributed by atoms with E-state index in [0.717, 1.165) is 11.1 Å². The minimum atomic E-state index is -0.191. The molecule has 0 aliphatic heterocycles. The molecule has 98 valence electrons. The van der Waals surface area contributed by atoms with Crippen molar-refractivity contribution < 1.29 is 14.6 Å². The summed E-state index contributed by atoms with van der Waals surface area (Å²) in [6, 6.07) is 10.4. The Morgan fingerprint density at radius 3 is 2.32 bits per heavy atom. The van der Waals surface area contributed by atoms with Crippen LogP contribution in [0.1, 0.15) is 27.0 Å². The van der Waals surface area contributed by atoms with Crippen LogP contribution in [-0.2, 0) is 0 Å². The first-order valence-corrected chi connectivity index (χ1v) is 6.02. The topological polar surface area (TPSA) is 46.5 Å². The predicted molar refractivity (Wildman–Crippen MR) is 74.0 cm³/mol. The molecule has 0 saturated carbocycles. The molecular formula is C16H16O3. The Hall–Kier alpha value is -2.29. The molecule has 0 saturated heterocycles. The Kier molecular flexibility index (Phi) is 3.56. The van der Waals surface area contributed by atoms with Gasteiger partial charge in [0.15, 0.2) is 5.78 Å². The van der Waals surface area contributed by atoms with E-state index in [0.29, 0.717) is 16.9 Å². The van der Waals surface area contributed by atoms with Crippen LogP contribution in [0.25, 0.3) is 0 Å². The first-order valence-electron chi connectivity index (χ1n) is 6.02. The zero-order chi connectivity index (χ0) is 14.0. The van der Waals surface area contributed by atoms with E-state index in [1.54, 1.807) is 18.2 Å². The molecule has 0 bridgehead atoms. The molecule has 2 aromatic carbocycles. The van der Waals surface area contributed by atoms with E-state index in [1.807, 2.05) is 26.0 Å². The summed E-state index contributed by atoms with van der Waals surface area (Å²) in [4.78, 5) is 12.3. The second-order valence-corrected chi connectivity index (χ2v) is 4.53. The number of carbonyl (C=O) groups is 1. The Morgan fingerprint density at radius 1 is 1.11 bits per heavy atom. The summed E-state index contributed by atoms with van der Waals surface area (Å²) >= 11 is 0. The monoisotopic (exact) mass is 256 g/mol. The molecule has 0 amide bonds. The summed E-state index contributed by atoms with van der Waals surface area (Å²) in [5.41, 5.74) is 2.76. The second-order valence-electron chi connectivity index (χ2n) is 4.53. The third-order valence-electron chi connectivity index (χ3n) is 3.07. The lowest BCUT2D eigenvalue weighted by molar-refractivity contribution is 0.103. The number of ketones is 1. The van der Waals surface area contributed by atoms with Gasteiger partial charge in [-0.1, -0.05) is 29.8 Å². The van der Waals surface area contributed by atoms with E-state index in [1.165, 1.54) is 13.2 Å². The summed E-state index contributed by atoms with van der Waals surface area (Å²) in [5, 5.41) is 9.93. The van der Waals surface area contributed by atoms with Gasteiger partial charge in [-0.3, -0.25) is 4.79 Å². The number of aromatic hydroxyl groups is 1. The van der Waals surface area contributed by atoms with Crippen molar-refractivity contribution in [2.75, 3.05) is 7.11 Å². The fraction of sp³-hybridized carbons (Fsp3) is 0.188. The quantitative estimate of drug-likeness (QED) is 0.857. The largest absolute Gasteiger partial charge is 0.507 e. The van der Waals surface area contributed by atoms with Crippen molar-refractivity contribution in [1.29, 1.82) is 0 Å². The summed E-state index contributed by atoms with van der Waals surface area (Å²) in [7, 11) is 1.53. The van der Waals surface area contributed by atoms with Gasteiger partial charge in [-0.15, -0.1) is 0 Å². The Balaban J connectivity index is 2.44. The van der Waals surface area contributed by atoms with Gasteiger partial charge in [0.1, 0.15) is 11.5 Å². The molecule has 0 fully saturated rings. The minimum absolute atomic E-state index is 0.0620. The third kappa shape index (κ3) is 2.60. The number of carbonyl (C=O) groups excluding carboxylic acids is 1. The molecule has 0 aromatic heterocycles. The average Bonchev–Trinajstić information content (AvgIpc) is 2.41. The Bertz CT molecular complexity index is 613. The fourth-order valence-corrected chi connectivity index (χ4v) is 1.94. The minimum Gasteiger partial charge on any atom is -0.507 e. The first-order chi connectivity index (χ1) is 9.02. The SMILES string of the molecule is COc1cc(O)c(C(=O)c2ccc(C)cc2)cc1C. The van der Waals surface area contributed by atoms with E-state index in [-0.39, 0.29) is 11.5 Å². The van der Waals surface area contributed by atoms with Crippen LogP contribution in [0.2, 0.25) is 0 Å². The van der Waals surface area contributed by atoms with Crippen LogP contribution in [0.5, 0.6) is 11.5 Å². The van der Waals surface area contributed by atoms with Gasteiger partial charge in [-0.25, -0.2) is 0 Å². The molecule has 0 atom stereocenters. The number of aryl methyl sites for hydroxylation is 2. The number of phenolic OH excluding ortho intramolecular Hbond substituents is 1. The van der Waals surface area contributed by atoms with Gasteiger partial charge in [-0.2, -0.15) is 0 Å². The maximum atomic E-state index is 12.3. The zero-order valence-corrected chi connectivity index (χ0v) is 11.2. The van der Waals surface area contributed by atoms with E-state index >= 15 is 0 Å². The molecular weight excluding hydrogens is 240 g/mol. The van der Waals surface area contributed by atoms with Crippen molar-refractivity contribution in [3.63, 3.8) is 0 Å². The van der Waals surface area contributed by atoms with Crippen molar-refractivity contribution >= 4 is 5.78 Å². The number of hydrogen-bond acceptors (Lipinski definition) is 3. The number of hydrogen-bond donors (Lipinski definition) is 1. The predicted octanol–water partition coefficient (Wildman–Crippen LogP) is 3.25. The highest BCUT2D eigenvalue weighted by Gasteiger charge is 2.15. The van der Waals surface area contributed by atoms with Crippen LogP contribution in [0, 0.1) is 13.8 Å². The average molecular weight is 256 g/mol. The van der Waals surface area contributed by atoms with Crippen LogP contribution >= 0.6 is 0 Å². The molecule has 2 aromatic rings. The van der Waals surface area contributed by atoms with Crippen molar-refractivity contribution in [1.82, 2.24) is 0 Å². The first kappa shape index (κ1) is 13.1. The molecule has 0 radical (unpaired) electrons. The van der Waals surface area contributed by atoms with E-state index in [9.17, 15) is 9.90 Å². The van der Waals surface area contributed by atoms with E-state index in [2.05, 4.69) is 0 Å². The number of ether oxygens (including phenoxy) is 1. The van der Waals surface area contributed by atoms with E-state index in [4.69, 9.17) is 4.74 Å². The van der Waals surface area contributed by atoms with Crippen molar-refractivity contribution in [3.05, 3.63) is 58.7 Å².